The summed E-state index contributed by atoms with van der Waals surface area (Å²) in [6.45, 7) is 1.43. The third kappa shape index (κ3) is 3.51. The highest BCUT2D eigenvalue weighted by Crippen LogP contribution is 2.34. The van der Waals surface area contributed by atoms with Crippen molar-refractivity contribution < 1.29 is 14.3 Å². The molecule has 0 unspecified atom stereocenters. The van der Waals surface area contributed by atoms with Crippen LogP contribution in [0.25, 0.3) is 0 Å². The topological polar surface area (TPSA) is 90.6 Å². The van der Waals surface area contributed by atoms with E-state index in [0.29, 0.717) is 25.3 Å². The van der Waals surface area contributed by atoms with Crippen LogP contribution in [0.3, 0.4) is 0 Å². The number of ether oxygens (including phenoxy) is 2. The van der Waals surface area contributed by atoms with Crippen LogP contribution in [0.4, 0.5) is 0 Å². The molecule has 5 rings (SSSR count). The zero-order chi connectivity index (χ0) is 18.9. The number of aromatic nitrogens is 3. The molecule has 0 aromatic carbocycles. The molecule has 1 aromatic rings. The molecule has 28 heavy (non-hydrogen) atoms. The van der Waals surface area contributed by atoms with Gasteiger partial charge in [-0.05, 0) is 18.4 Å². The second kappa shape index (κ2) is 7.75. The van der Waals surface area contributed by atoms with Gasteiger partial charge in [0.2, 0.25) is 5.91 Å². The average Bonchev–Trinajstić information content (AvgIpc) is 3.49. The van der Waals surface area contributed by atoms with Crippen molar-refractivity contribution in [2.45, 2.75) is 62.8 Å². The summed E-state index contributed by atoms with van der Waals surface area (Å²) in [7, 11) is 0. The van der Waals surface area contributed by atoms with Crippen LogP contribution in [0.15, 0.2) is 22.8 Å². The number of aliphatic imine (C=N–C) groups is 1. The number of nitrogens with one attached hydrogen (secondary N) is 1. The van der Waals surface area contributed by atoms with Crippen LogP contribution in [0.5, 0.6) is 0 Å². The summed E-state index contributed by atoms with van der Waals surface area (Å²) in [6, 6.07) is -0.136. The normalized spacial score (nSPS) is 32.5. The van der Waals surface area contributed by atoms with E-state index in [2.05, 4.69) is 26.8 Å². The van der Waals surface area contributed by atoms with Gasteiger partial charge in [0.25, 0.3) is 0 Å². The fraction of sp³-hybridized carbons (Fsp3) is 0.700. The molecule has 4 heterocycles. The third-order valence-electron chi connectivity index (χ3n) is 6.40. The van der Waals surface area contributed by atoms with Gasteiger partial charge in [0.15, 0.2) is 0 Å². The van der Waals surface area contributed by atoms with Crippen LogP contribution in [0, 0.1) is 5.92 Å². The first kappa shape index (κ1) is 18.0. The maximum absolute atomic E-state index is 12.3. The molecule has 0 spiro atoms. The van der Waals surface area contributed by atoms with Crippen molar-refractivity contribution in [1.82, 2.24) is 20.3 Å². The number of carbonyl (C=O) groups is 1. The van der Waals surface area contributed by atoms with E-state index >= 15 is 0 Å². The lowest BCUT2D eigenvalue weighted by molar-refractivity contribution is -0.118. The van der Waals surface area contributed by atoms with Crippen molar-refractivity contribution in [2.75, 3.05) is 19.8 Å². The molecule has 0 radical (unpaired) electrons. The molecule has 3 aliphatic heterocycles. The Kier molecular flexibility index (Phi) is 4.98. The van der Waals surface area contributed by atoms with Crippen LogP contribution >= 0.6 is 0 Å². The van der Waals surface area contributed by atoms with Gasteiger partial charge in [0, 0.05) is 18.0 Å². The molecule has 8 nitrogen and oxygen atoms in total. The quantitative estimate of drug-likeness (QED) is 0.823. The van der Waals surface area contributed by atoms with E-state index < -0.39 is 0 Å². The van der Waals surface area contributed by atoms with Gasteiger partial charge in [-0.15, -0.1) is 5.10 Å². The van der Waals surface area contributed by atoms with Crippen LogP contribution in [-0.2, 0) is 20.7 Å². The highest BCUT2D eigenvalue weighted by Gasteiger charge is 2.49. The van der Waals surface area contributed by atoms with Gasteiger partial charge < -0.3 is 14.8 Å². The van der Waals surface area contributed by atoms with Gasteiger partial charge in [-0.2, -0.15) is 0 Å². The minimum atomic E-state index is -0.150. The zero-order valence-electron chi connectivity index (χ0n) is 16.0. The maximum atomic E-state index is 12.3. The molecule has 8 heteroatoms. The van der Waals surface area contributed by atoms with Crippen molar-refractivity contribution in [1.29, 1.82) is 0 Å². The smallest absolute Gasteiger partial charge is 0.249 e. The van der Waals surface area contributed by atoms with Gasteiger partial charge in [-0.1, -0.05) is 37.3 Å². The van der Waals surface area contributed by atoms with Crippen molar-refractivity contribution in [2.24, 2.45) is 10.9 Å². The van der Waals surface area contributed by atoms with E-state index in [1.165, 1.54) is 32.1 Å². The number of rotatable bonds is 5. The number of allylic oxidation sites excluding steroid dienone is 1. The Hall–Kier alpha value is -2.06. The summed E-state index contributed by atoms with van der Waals surface area (Å²) in [6.07, 6.45) is 12.9. The summed E-state index contributed by atoms with van der Waals surface area (Å²) < 4.78 is 13.9. The lowest BCUT2D eigenvalue weighted by atomic mass is 9.86. The van der Waals surface area contributed by atoms with Gasteiger partial charge >= 0.3 is 0 Å². The van der Waals surface area contributed by atoms with Crippen molar-refractivity contribution >= 4 is 12.1 Å². The molecule has 4 atom stereocenters. The molecular formula is C20H27N5O3. The second-order valence-corrected chi connectivity index (χ2v) is 8.32. The number of nitrogens with zero attached hydrogens (tertiary/aromatic N) is 4. The van der Waals surface area contributed by atoms with Gasteiger partial charge in [0.1, 0.15) is 18.2 Å². The molecule has 1 saturated carbocycles. The Balaban J connectivity index is 1.20. The Morgan fingerprint density at radius 2 is 2.04 bits per heavy atom. The minimum absolute atomic E-state index is 0.00790. The number of hydrogen-bond donors (Lipinski definition) is 1. The summed E-state index contributed by atoms with van der Waals surface area (Å²) in [5.41, 5.74) is 1.74. The first-order valence-corrected chi connectivity index (χ1v) is 10.4. The van der Waals surface area contributed by atoms with Crippen molar-refractivity contribution in [3.05, 3.63) is 23.5 Å². The molecule has 3 fully saturated rings. The van der Waals surface area contributed by atoms with Crippen LogP contribution < -0.4 is 5.32 Å². The molecule has 1 N–H and O–H groups in total. The largest absolute Gasteiger partial charge is 0.371 e. The summed E-state index contributed by atoms with van der Waals surface area (Å²) in [5.74, 6) is 0.650. The van der Waals surface area contributed by atoms with Crippen LogP contribution in [-0.4, -0.2) is 65.1 Å². The third-order valence-corrected chi connectivity index (χ3v) is 6.40. The maximum Gasteiger partial charge on any atom is 0.249 e. The van der Waals surface area contributed by atoms with Gasteiger partial charge in [-0.25, -0.2) is 4.68 Å². The SMILES string of the molecule is O=C(N[C@H]1CO[C@H]2[C@@H]1OC[C@@H]2n1cc(CC2CCCCC2)nn1)C1=CC=NC1. The summed E-state index contributed by atoms with van der Waals surface area (Å²) in [5, 5.41) is 11.8. The van der Waals surface area contributed by atoms with E-state index in [1.807, 2.05) is 4.68 Å². The average molecular weight is 385 g/mol. The standard InChI is InChI=1S/C20H27N5O3/c26-20(14-6-7-21-9-14)22-16-11-27-19-17(12-28-18(16)19)25-10-15(23-24-25)8-13-4-2-1-3-5-13/h6-7,10,13,16-19H,1-5,8-9,11-12H2,(H,22,26)/t16-,17-,18+,19+/m0/s1. The number of carbonyl (C=O) groups excluding carboxylic acids is 1. The highest BCUT2D eigenvalue weighted by molar-refractivity contribution is 5.99. The highest BCUT2D eigenvalue weighted by atomic mass is 16.6. The van der Waals surface area contributed by atoms with Crippen LogP contribution in [0.1, 0.15) is 43.8 Å². The molecule has 150 valence electrons. The monoisotopic (exact) mass is 385 g/mol. The lowest BCUT2D eigenvalue weighted by Crippen LogP contribution is -2.44. The van der Waals surface area contributed by atoms with Crippen LogP contribution in [0.2, 0.25) is 0 Å². The number of amides is 1. The molecular weight excluding hydrogens is 358 g/mol. The fourth-order valence-electron chi connectivity index (χ4n) is 4.84. The van der Waals surface area contributed by atoms with E-state index in [1.54, 1.807) is 12.3 Å². The van der Waals surface area contributed by atoms with Crippen molar-refractivity contribution in [3.63, 3.8) is 0 Å². The van der Waals surface area contributed by atoms with E-state index in [4.69, 9.17) is 9.47 Å². The van der Waals surface area contributed by atoms with Gasteiger partial charge in [0.05, 0.1) is 31.5 Å². The van der Waals surface area contributed by atoms with Crippen molar-refractivity contribution in [3.8, 4) is 0 Å². The molecule has 1 aliphatic carbocycles. The zero-order valence-corrected chi connectivity index (χ0v) is 16.0. The lowest BCUT2D eigenvalue weighted by Gasteiger charge is -2.20. The van der Waals surface area contributed by atoms with E-state index in [-0.39, 0.29) is 30.2 Å². The number of hydrogen-bond acceptors (Lipinski definition) is 6. The second-order valence-electron chi connectivity index (χ2n) is 8.32. The predicted molar refractivity (Wildman–Crippen MR) is 102 cm³/mol. The summed E-state index contributed by atoms with van der Waals surface area (Å²) in [4.78, 5) is 16.4. The summed E-state index contributed by atoms with van der Waals surface area (Å²) >= 11 is 0. The predicted octanol–water partition coefficient (Wildman–Crippen LogP) is 1.24. The molecule has 0 bridgehead atoms. The molecule has 4 aliphatic rings. The minimum Gasteiger partial charge on any atom is -0.371 e. The van der Waals surface area contributed by atoms with E-state index in [0.717, 1.165) is 18.0 Å². The Morgan fingerprint density at radius 3 is 2.86 bits per heavy atom. The first-order chi connectivity index (χ1) is 13.8. The fourth-order valence-corrected chi connectivity index (χ4v) is 4.84. The molecule has 1 aromatic heterocycles. The Labute approximate surface area is 164 Å². The molecule has 1 amide bonds. The Bertz CT molecular complexity index is 783. The van der Waals surface area contributed by atoms with E-state index in [9.17, 15) is 4.79 Å². The molecule has 2 saturated heterocycles. The first-order valence-electron chi connectivity index (χ1n) is 10.4. The van der Waals surface area contributed by atoms with Gasteiger partial charge in [-0.3, -0.25) is 9.79 Å². The number of fused-ring (bicyclic) bond motifs is 1. The Morgan fingerprint density at radius 1 is 1.18 bits per heavy atom.